The summed E-state index contributed by atoms with van der Waals surface area (Å²) < 4.78 is 2.09. The minimum absolute atomic E-state index is 0.579. The zero-order chi connectivity index (χ0) is 24.2. The van der Waals surface area contributed by atoms with Crippen molar-refractivity contribution in [3.63, 3.8) is 0 Å². The SMILES string of the molecule is c1ccc(-n2c(SCc3ccc(-c4ccccc4-c4nn[nH]n4)cc3)nnc2-c2ccncc2)cc1. The van der Waals surface area contributed by atoms with Crippen LogP contribution in [0.25, 0.3) is 39.6 Å². The van der Waals surface area contributed by atoms with Gasteiger partial charge in [-0.1, -0.05) is 78.5 Å². The van der Waals surface area contributed by atoms with Crippen LogP contribution < -0.4 is 0 Å². The van der Waals surface area contributed by atoms with Crippen LogP contribution >= 0.6 is 11.8 Å². The third kappa shape index (κ3) is 4.39. The highest BCUT2D eigenvalue weighted by molar-refractivity contribution is 7.98. The molecule has 6 rings (SSSR count). The molecule has 0 amide bonds. The van der Waals surface area contributed by atoms with Crippen molar-refractivity contribution in [1.82, 2.24) is 40.4 Å². The topological polar surface area (TPSA) is 98.1 Å². The van der Waals surface area contributed by atoms with Crippen LogP contribution in [-0.2, 0) is 5.75 Å². The maximum absolute atomic E-state index is 4.52. The molecule has 0 saturated carbocycles. The summed E-state index contributed by atoms with van der Waals surface area (Å²) in [5.74, 6) is 2.13. The van der Waals surface area contributed by atoms with Gasteiger partial charge in [-0.05, 0) is 46.2 Å². The van der Waals surface area contributed by atoms with Crippen molar-refractivity contribution >= 4 is 11.8 Å². The van der Waals surface area contributed by atoms with Crippen molar-refractivity contribution < 1.29 is 0 Å². The normalized spacial score (nSPS) is 11.0. The molecule has 0 bridgehead atoms. The first-order valence-corrected chi connectivity index (χ1v) is 12.3. The number of pyridine rings is 1. The lowest BCUT2D eigenvalue weighted by Crippen LogP contribution is -1.99. The van der Waals surface area contributed by atoms with E-state index in [-0.39, 0.29) is 0 Å². The van der Waals surface area contributed by atoms with Crippen LogP contribution in [0.4, 0.5) is 0 Å². The summed E-state index contributed by atoms with van der Waals surface area (Å²) in [5, 5.41) is 24.4. The monoisotopic (exact) mass is 488 g/mol. The Kier molecular flexibility index (Phi) is 6.03. The molecular weight excluding hydrogens is 468 g/mol. The Morgan fingerprint density at radius 3 is 2.19 bits per heavy atom. The molecule has 9 heteroatoms. The third-order valence-corrected chi connectivity index (χ3v) is 6.73. The molecule has 0 spiro atoms. The standard InChI is InChI=1S/C27H20N8S/c1-2-6-22(7-3-1)35-26(21-14-16-28-17-15-21)31-32-27(35)36-18-19-10-12-20(13-11-19)23-8-4-5-9-24(23)25-29-33-34-30-25/h1-17H,18H2,(H,29,30,33,34). The van der Waals surface area contributed by atoms with Crippen molar-refractivity contribution in [1.29, 1.82) is 0 Å². The number of nitrogens with one attached hydrogen (secondary N) is 1. The summed E-state index contributed by atoms with van der Waals surface area (Å²) in [6, 6.07) is 30.7. The molecular formula is C27H20N8S. The van der Waals surface area contributed by atoms with Gasteiger partial charge in [-0.3, -0.25) is 9.55 Å². The lowest BCUT2D eigenvalue weighted by Gasteiger charge is -2.11. The molecule has 0 aliphatic rings. The van der Waals surface area contributed by atoms with Crippen LogP contribution in [-0.4, -0.2) is 40.4 Å². The smallest absolute Gasteiger partial charge is 0.205 e. The molecule has 8 nitrogen and oxygen atoms in total. The zero-order valence-corrected chi connectivity index (χ0v) is 19.9. The van der Waals surface area contributed by atoms with Crippen molar-refractivity contribution in [2.45, 2.75) is 10.9 Å². The van der Waals surface area contributed by atoms with Gasteiger partial charge >= 0.3 is 0 Å². The largest absolute Gasteiger partial charge is 0.270 e. The summed E-state index contributed by atoms with van der Waals surface area (Å²) in [5.41, 5.74) is 6.27. The number of rotatable bonds is 7. The molecule has 36 heavy (non-hydrogen) atoms. The molecule has 0 aliphatic carbocycles. The number of thioether (sulfide) groups is 1. The van der Waals surface area contributed by atoms with E-state index >= 15 is 0 Å². The molecule has 3 heterocycles. The number of benzene rings is 3. The number of aromatic nitrogens is 8. The number of nitrogens with zero attached hydrogens (tertiary/aromatic N) is 7. The number of aromatic amines is 1. The minimum Gasteiger partial charge on any atom is -0.270 e. The van der Waals surface area contributed by atoms with Gasteiger partial charge in [-0.15, -0.1) is 20.4 Å². The van der Waals surface area contributed by atoms with Gasteiger partial charge in [0.05, 0.1) is 0 Å². The van der Waals surface area contributed by atoms with Crippen molar-refractivity contribution in [3.8, 4) is 39.6 Å². The van der Waals surface area contributed by atoms with Gasteiger partial charge in [0.2, 0.25) is 5.82 Å². The van der Waals surface area contributed by atoms with Crippen LogP contribution in [0.5, 0.6) is 0 Å². The Morgan fingerprint density at radius 2 is 1.44 bits per heavy atom. The molecule has 0 atom stereocenters. The minimum atomic E-state index is 0.579. The molecule has 3 aromatic heterocycles. The highest BCUT2D eigenvalue weighted by Gasteiger charge is 2.16. The highest BCUT2D eigenvalue weighted by atomic mass is 32.2. The Hall–Kier alpha value is -4.63. The van der Waals surface area contributed by atoms with Gasteiger partial charge in [-0.25, -0.2) is 0 Å². The first kappa shape index (κ1) is 21.9. The van der Waals surface area contributed by atoms with E-state index in [2.05, 4.69) is 82.8 Å². The molecule has 3 aromatic carbocycles. The van der Waals surface area contributed by atoms with Gasteiger partial charge in [0, 0.05) is 35.0 Å². The van der Waals surface area contributed by atoms with E-state index in [1.165, 1.54) is 5.56 Å². The zero-order valence-electron chi connectivity index (χ0n) is 19.1. The van der Waals surface area contributed by atoms with Gasteiger partial charge < -0.3 is 0 Å². The summed E-state index contributed by atoms with van der Waals surface area (Å²) in [7, 11) is 0. The number of hydrogen-bond donors (Lipinski definition) is 1. The average molecular weight is 489 g/mol. The van der Waals surface area contributed by atoms with Crippen LogP contribution in [0.2, 0.25) is 0 Å². The maximum atomic E-state index is 4.52. The van der Waals surface area contributed by atoms with E-state index in [4.69, 9.17) is 0 Å². The fourth-order valence-electron chi connectivity index (χ4n) is 4.00. The number of tetrazole rings is 1. The van der Waals surface area contributed by atoms with Crippen molar-refractivity contribution in [3.05, 3.63) is 109 Å². The van der Waals surface area contributed by atoms with E-state index in [0.29, 0.717) is 5.82 Å². The Bertz CT molecular complexity index is 1560. The number of hydrogen-bond acceptors (Lipinski definition) is 7. The second kappa shape index (κ2) is 9.93. The lowest BCUT2D eigenvalue weighted by atomic mass is 9.98. The van der Waals surface area contributed by atoms with Crippen LogP contribution in [0.1, 0.15) is 5.56 Å². The Morgan fingerprint density at radius 1 is 0.694 bits per heavy atom. The molecule has 174 valence electrons. The predicted molar refractivity (Wildman–Crippen MR) is 139 cm³/mol. The van der Waals surface area contributed by atoms with Crippen molar-refractivity contribution in [2.75, 3.05) is 0 Å². The first-order chi connectivity index (χ1) is 17.9. The second-order valence-corrected chi connectivity index (χ2v) is 8.92. The molecule has 6 aromatic rings. The van der Waals surface area contributed by atoms with Gasteiger partial charge in [-0.2, -0.15) is 5.21 Å². The summed E-state index contributed by atoms with van der Waals surface area (Å²) in [4.78, 5) is 4.13. The van der Waals surface area contributed by atoms with Crippen molar-refractivity contribution in [2.24, 2.45) is 0 Å². The molecule has 0 fully saturated rings. The van der Waals surface area contributed by atoms with Crippen LogP contribution in [0.15, 0.2) is 109 Å². The number of H-pyrrole nitrogens is 1. The highest BCUT2D eigenvalue weighted by Crippen LogP contribution is 2.32. The van der Waals surface area contributed by atoms with E-state index in [0.717, 1.165) is 44.7 Å². The summed E-state index contributed by atoms with van der Waals surface area (Å²) in [6.07, 6.45) is 3.54. The van der Waals surface area contributed by atoms with E-state index in [1.807, 2.05) is 48.5 Å². The first-order valence-electron chi connectivity index (χ1n) is 11.3. The third-order valence-electron chi connectivity index (χ3n) is 5.73. The second-order valence-electron chi connectivity index (χ2n) is 7.98. The van der Waals surface area contributed by atoms with E-state index in [1.54, 1.807) is 24.2 Å². The number of para-hydroxylation sites is 1. The Labute approximate surface area is 211 Å². The molecule has 0 radical (unpaired) electrons. The average Bonchev–Trinajstić information content (AvgIpc) is 3.64. The molecule has 0 saturated heterocycles. The van der Waals surface area contributed by atoms with Gasteiger partial charge in [0.1, 0.15) is 0 Å². The summed E-state index contributed by atoms with van der Waals surface area (Å²) in [6.45, 7) is 0. The predicted octanol–water partition coefficient (Wildman–Crippen LogP) is 5.47. The maximum Gasteiger partial charge on any atom is 0.205 e. The van der Waals surface area contributed by atoms with Crippen LogP contribution in [0, 0.1) is 0 Å². The quantitative estimate of drug-likeness (QED) is 0.298. The Balaban J connectivity index is 1.26. The van der Waals surface area contributed by atoms with E-state index in [9.17, 15) is 0 Å². The van der Waals surface area contributed by atoms with Gasteiger partial charge in [0.25, 0.3) is 0 Å². The van der Waals surface area contributed by atoms with E-state index < -0.39 is 0 Å². The summed E-state index contributed by atoms with van der Waals surface area (Å²) >= 11 is 1.65. The fraction of sp³-hybridized carbons (Fsp3) is 0.0370. The molecule has 0 aliphatic heterocycles. The molecule has 1 N–H and O–H groups in total. The van der Waals surface area contributed by atoms with Gasteiger partial charge in [0.15, 0.2) is 11.0 Å². The van der Waals surface area contributed by atoms with Crippen LogP contribution in [0.3, 0.4) is 0 Å². The fourth-order valence-corrected chi connectivity index (χ4v) is 4.90. The molecule has 0 unspecified atom stereocenters. The lowest BCUT2D eigenvalue weighted by molar-refractivity contribution is 0.881.